The Labute approximate surface area is 735 Å². The summed E-state index contributed by atoms with van der Waals surface area (Å²) in [6.45, 7) is 10.7. The van der Waals surface area contributed by atoms with Crippen LogP contribution in [0.25, 0.3) is 10.9 Å². The Bertz CT molecular complexity index is 4290. The maximum atomic E-state index is 14.6. The number of amides is 15. The Morgan fingerprint density at radius 1 is 0.386 bits per heavy atom. The Balaban J connectivity index is 1.80. The molecule has 1 aromatic heterocycles. The number of aliphatic hydroxyl groups is 3. The summed E-state index contributed by atoms with van der Waals surface area (Å²) in [4.78, 5) is 260. The molecule has 0 saturated heterocycles. The molecule has 18 atom stereocenters. The summed E-state index contributed by atoms with van der Waals surface area (Å²) in [5.41, 5.74) is 19.4. The number of hydrogen-bond acceptors (Lipinski definition) is 27. The van der Waals surface area contributed by atoms with E-state index in [0.29, 0.717) is 22.0 Å². The van der Waals surface area contributed by atoms with Crippen molar-refractivity contribution in [3.05, 3.63) is 65.9 Å². The number of phenolic OH excluding ortho intramolecular Hbond substituents is 1. The van der Waals surface area contributed by atoms with Gasteiger partial charge < -0.3 is 143 Å². The fourth-order valence-electron chi connectivity index (χ4n) is 12.5. The summed E-state index contributed by atoms with van der Waals surface area (Å²) in [5, 5.41) is 116. The standard InChI is InChI=1S/C80H123N19O27S/c1-37(2)61(76(121)94-56(34-60(108)109)74(119)91-53(27-30-127-10)71(116)95-57(36-100)80(125)126)96-67(112)41(7)87-78(123)63(42(8)101)98-72(117)51(20-14-16-29-82)89-69(114)50(19-13-15-28-81)90-73(118)55(33-59(106)107)92-66(111)40(6)85-65(110)39(5)86-79(124)64(43(9)102)99-77(122)62(38(3)4)97-75(120)54(32-45-35-84-49-18-12-11-17-47(45)49)93-70(115)52(25-26-58(104)105)88-68(113)48(83)31-44-21-23-46(103)24-22-44/h11-12,17-18,21-24,35,37-43,48,50-57,61-64,84,100-103H,13-16,19-20,25-34,36,81-83H2,1-10H3,(H,85,110)(H,86,124)(H,87,123)(H,88,113)(H,89,114)(H,90,118)(H,91,119)(H,92,111)(H,93,115)(H,94,121)(H,95,116)(H,96,112)(H,97,120)(H,98,117)(H,99,122)(H,104,105)(H,106,107)(H,108,109)(H,125,126)/t39-,40-,41-,42+,43+,48-,50-,51-,52-,53-,54-,55-,56-,57-,61-,62-,63-,64-/m0/s1. The normalized spacial score (nSPS) is 15.5. The van der Waals surface area contributed by atoms with E-state index >= 15 is 0 Å². The molecule has 0 fully saturated rings. The number of rotatable bonds is 58. The zero-order valence-corrected chi connectivity index (χ0v) is 73.1. The van der Waals surface area contributed by atoms with Crippen molar-refractivity contribution >= 4 is 135 Å². The molecule has 3 rings (SSSR count). The lowest BCUT2D eigenvalue weighted by Gasteiger charge is -2.29. The van der Waals surface area contributed by atoms with E-state index in [-0.39, 0.29) is 82.4 Å². The van der Waals surface area contributed by atoms with Crippen LogP contribution in [0.1, 0.15) is 144 Å². The number of aromatic nitrogens is 1. The van der Waals surface area contributed by atoms with E-state index in [9.17, 15) is 132 Å². The van der Waals surface area contributed by atoms with Crippen molar-refractivity contribution in [2.75, 3.05) is 31.7 Å². The van der Waals surface area contributed by atoms with Crippen molar-refractivity contribution in [1.29, 1.82) is 0 Å². The van der Waals surface area contributed by atoms with Crippen molar-refractivity contribution in [3.8, 4) is 5.75 Å². The molecule has 0 bridgehead atoms. The number of aliphatic hydroxyl groups excluding tert-OH is 3. The number of carbonyl (C=O) groups is 19. The van der Waals surface area contributed by atoms with Gasteiger partial charge in [0.15, 0.2) is 0 Å². The number of carboxylic acid groups (broad SMARTS) is 4. The molecular formula is C80H123N19O27S. The van der Waals surface area contributed by atoms with Crippen LogP contribution in [0.5, 0.6) is 5.75 Å². The molecule has 1 heterocycles. The van der Waals surface area contributed by atoms with Gasteiger partial charge in [0.1, 0.15) is 96.4 Å². The number of nitrogens with two attached hydrogens (primary N) is 3. The molecule has 46 nitrogen and oxygen atoms in total. The van der Waals surface area contributed by atoms with E-state index in [1.54, 1.807) is 36.7 Å². The number of unbranched alkanes of at least 4 members (excludes halogenated alkanes) is 2. The predicted molar refractivity (Wildman–Crippen MR) is 456 cm³/mol. The number of para-hydroxylation sites is 1. The number of aliphatic carboxylic acids is 4. The van der Waals surface area contributed by atoms with Gasteiger partial charge in [0.05, 0.1) is 37.7 Å². The lowest BCUT2D eigenvalue weighted by atomic mass is 9.99. The van der Waals surface area contributed by atoms with E-state index in [2.05, 4.69) is 84.7 Å². The highest BCUT2D eigenvalue weighted by molar-refractivity contribution is 7.98. The number of fused-ring (bicyclic) bond motifs is 1. The first-order chi connectivity index (χ1) is 59.7. The minimum Gasteiger partial charge on any atom is -0.508 e. The lowest BCUT2D eigenvalue weighted by Crippen LogP contribution is -2.62. The van der Waals surface area contributed by atoms with Gasteiger partial charge in [-0.05, 0) is 159 Å². The summed E-state index contributed by atoms with van der Waals surface area (Å²) >= 11 is 1.23. The fourth-order valence-corrected chi connectivity index (χ4v) is 12.9. The third-order valence-corrected chi connectivity index (χ3v) is 20.5. The Morgan fingerprint density at radius 3 is 1.18 bits per heavy atom. The minimum absolute atomic E-state index is 0.0485. The van der Waals surface area contributed by atoms with Crippen molar-refractivity contribution in [2.24, 2.45) is 29.0 Å². The Morgan fingerprint density at radius 2 is 0.740 bits per heavy atom. The molecule has 15 amide bonds. The molecule has 0 saturated carbocycles. The molecule has 0 aliphatic carbocycles. The number of nitrogens with one attached hydrogen (secondary N) is 16. The van der Waals surface area contributed by atoms with Gasteiger partial charge in [-0.3, -0.25) is 86.3 Å². The van der Waals surface area contributed by atoms with Crippen LogP contribution in [0.4, 0.5) is 0 Å². The van der Waals surface area contributed by atoms with Crippen LogP contribution in [-0.2, 0) is 104 Å². The summed E-state index contributed by atoms with van der Waals surface area (Å²) in [5.74, 6) is -24.1. The Kier molecular flexibility index (Phi) is 46.9. The molecular weight excluding hydrogens is 1690 g/mol. The fraction of sp³-hybridized carbons (Fsp3) is 0.588. The highest BCUT2D eigenvalue weighted by Gasteiger charge is 2.41. The molecule has 0 radical (unpaired) electrons. The van der Waals surface area contributed by atoms with Gasteiger partial charge in [-0.1, -0.05) is 58.0 Å². The van der Waals surface area contributed by atoms with Gasteiger partial charge in [-0.15, -0.1) is 0 Å². The van der Waals surface area contributed by atoms with Gasteiger partial charge in [0.25, 0.3) is 0 Å². The molecule has 3 aromatic rings. The first kappa shape index (κ1) is 109. The molecule has 127 heavy (non-hydrogen) atoms. The predicted octanol–water partition coefficient (Wildman–Crippen LogP) is -6.71. The average Bonchev–Trinajstić information content (AvgIpc) is 1.69. The van der Waals surface area contributed by atoms with Crippen molar-refractivity contribution < 1.29 is 132 Å². The number of benzene rings is 2. The first-order valence-corrected chi connectivity index (χ1v) is 42.5. The number of carboxylic acids is 4. The number of hydrogen-bond donors (Lipinski definition) is 27. The number of aromatic amines is 1. The number of H-pyrrole nitrogens is 1. The van der Waals surface area contributed by atoms with Gasteiger partial charge in [-0.25, -0.2) is 4.79 Å². The van der Waals surface area contributed by atoms with Crippen LogP contribution < -0.4 is 97.0 Å². The number of phenols is 1. The number of aromatic hydroxyl groups is 1. The molecule has 30 N–H and O–H groups in total. The maximum absolute atomic E-state index is 14.6. The molecule has 0 unspecified atom stereocenters. The monoisotopic (exact) mass is 1810 g/mol. The van der Waals surface area contributed by atoms with Crippen LogP contribution >= 0.6 is 11.8 Å². The molecule has 0 aliphatic rings. The third-order valence-electron chi connectivity index (χ3n) is 19.8. The van der Waals surface area contributed by atoms with Gasteiger partial charge in [0.2, 0.25) is 88.6 Å². The van der Waals surface area contributed by atoms with E-state index in [0.717, 1.165) is 34.6 Å². The average molecular weight is 1820 g/mol. The topological polar surface area (TPSA) is 760 Å². The first-order valence-electron chi connectivity index (χ1n) is 41.1. The smallest absolute Gasteiger partial charge is 0.328 e. The largest absolute Gasteiger partial charge is 0.508 e. The van der Waals surface area contributed by atoms with E-state index in [1.807, 2.05) is 0 Å². The Hall–Kier alpha value is -12.2. The minimum atomic E-state index is -2.00. The van der Waals surface area contributed by atoms with E-state index < -0.39 is 265 Å². The lowest BCUT2D eigenvalue weighted by molar-refractivity contribution is -0.144. The van der Waals surface area contributed by atoms with Crippen LogP contribution in [0.15, 0.2) is 54.7 Å². The van der Waals surface area contributed by atoms with Gasteiger partial charge >= 0.3 is 23.9 Å². The van der Waals surface area contributed by atoms with Crippen LogP contribution in [0.3, 0.4) is 0 Å². The highest BCUT2D eigenvalue weighted by atomic mass is 32.2. The van der Waals surface area contributed by atoms with Crippen molar-refractivity contribution in [2.45, 2.75) is 255 Å². The second kappa shape index (κ2) is 54.6. The highest BCUT2D eigenvalue weighted by Crippen LogP contribution is 2.21. The van der Waals surface area contributed by atoms with Crippen molar-refractivity contribution in [3.63, 3.8) is 0 Å². The summed E-state index contributed by atoms with van der Waals surface area (Å²) in [7, 11) is 0. The molecule has 47 heteroatoms. The zero-order valence-electron chi connectivity index (χ0n) is 72.2. The summed E-state index contributed by atoms with van der Waals surface area (Å²) in [6, 6.07) is -13.8. The number of thioether (sulfide) groups is 1. The quantitative estimate of drug-likeness (QED) is 0.0234. The van der Waals surface area contributed by atoms with Crippen LogP contribution in [0.2, 0.25) is 0 Å². The SMILES string of the molecule is CSCC[C@H](NC(=O)[C@H](CC(=O)O)NC(=O)[C@@H](NC(=O)[C@H](C)NC(=O)[C@@H](NC(=O)[C@H](CCCCN)NC(=O)[C@H](CCCCN)NC(=O)[C@H](CC(=O)O)NC(=O)[C@H](C)NC(=O)[C@H](C)NC(=O)[C@@H](NC(=O)[C@@H](NC(=O)[C@H](Cc1c[nH]c2ccccc12)NC(=O)[C@H](CCC(=O)O)NC(=O)[C@@H](N)Cc1ccc(O)cc1)C(C)C)[C@@H](C)O)[C@@H](C)O)C(C)C)C(=O)N[C@@H](CO)C(=O)O. The summed E-state index contributed by atoms with van der Waals surface area (Å²) in [6.07, 6.45) is -3.62. The summed E-state index contributed by atoms with van der Waals surface area (Å²) < 4.78 is 0. The van der Waals surface area contributed by atoms with E-state index in [1.165, 1.54) is 63.7 Å². The number of carbonyl (C=O) groups excluding carboxylic acids is 15. The maximum Gasteiger partial charge on any atom is 0.328 e. The second-order valence-corrected chi connectivity index (χ2v) is 32.1. The van der Waals surface area contributed by atoms with E-state index in [4.69, 9.17) is 17.2 Å². The van der Waals surface area contributed by atoms with Crippen LogP contribution in [-0.4, -0.2) is 299 Å². The molecule has 0 aliphatic heterocycles. The van der Waals surface area contributed by atoms with Gasteiger partial charge in [0, 0.05) is 29.9 Å². The van der Waals surface area contributed by atoms with Gasteiger partial charge in [-0.2, -0.15) is 11.8 Å². The second-order valence-electron chi connectivity index (χ2n) is 31.1. The van der Waals surface area contributed by atoms with Crippen LogP contribution in [0, 0.1) is 11.8 Å². The van der Waals surface area contributed by atoms with Crippen molar-refractivity contribution in [1.82, 2.24) is 84.7 Å². The molecule has 0 spiro atoms. The molecule has 2 aromatic carbocycles. The third kappa shape index (κ3) is 37.5. The zero-order chi connectivity index (χ0) is 95.8. The molecule has 706 valence electrons.